The molecule has 0 heterocycles. The minimum absolute atomic E-state index is 0. The van der Waals surface area contributed by atoms with Crippen LogP contribution in [0.15, 0.2) is 0 Å². The summed E-state index contributed by atoms with van der Waals surface area (Å²) in [5.74, 6) is 0. The quantitative estimate of drug-likeness (QED) is 0.269. The van der Waals surface area contributed by atoms with Gasteiger partial charge >= 0.3 is 18.9 Å². The molecule has 0 radical (unpaired) electrons. The Labute approximate surface area is 50.0 Å². The smallest absolute Gasteiger partial charge is 0.527 e. The summed E-state index contributed by atoms with van der Waals surface area (Å²) in [5, 5.41) is 0. The third-order valence-corrected chi connectivity index (χ3v) is 0.192. The van der Waals surface area contributed by atoms with Crippen molar-refractivity contribution < 1.29 is 28.3 Å². The van der Waals surface area contributed by atoms with Crippen LogP contribution in [0, 0.1) is 6.79 Å². The standard InChI is InChI=1S/C3H7O2.Li/c1-4-3-5-2;/h3H,1-2H3;/q-1;+1. The van der Waals surface area contributed by atoms with Crippen LogP contribution in [0.1, 0.15) is 0 Å². The number of methoxy groups -OCH3 is 2. The van der Waals surface area contributed by atoms with Crippen molar-refractivity contribution in [3.05, 3.63) is 6.79 Å². The van der Waals surface area contributed by atoms with Gasteiger partial charge in [0.1, 0.15) is 0 Å². The average Bonchev–Trinajstić information content (AvgIpc) is 1.41. The van der Waals surface area contributed by atoms with Gasteiger partial charge < -0.3 is 9.47 Å². The summed E-state index contributed by atoms with van der Waals surface area (Å²) >= 11 is 0. The Hall–Kier alpha value is 0.517. The maximum atomic E-state index is 4.34. The molecule has 2 nitrogen and oxygen atoms in total. The maximum absolute atomic E-state index is 4.34. The van der Waals surface area contributed by atoms with Crippen molar-refractivity contribution in [3.8, 4) is 0 Å². The molecular weight excluding hydrogens is 75.0 g/mol. The molecule has 0 amide bonds. The van der Waals surface area contributed by atoms with Crippen LogP contribution in [0.4, 0.5) is 0 Å². The Bertz CT molecular complexity index is 16.3. The van der Waals surface area contributed by atoms with Gasteiger partial charge in [-0.05, 0) is 0 Å². The summed E-state index contributed by atoms with van der Waals surface area (Å²) < 4.78 is 8.69. The zero-order valence-corrected chi connectivity index (χ0v) is 4.39. The fraction of sp³-hybridized carbons (Fsp3) is 0.667. The van der Waals surface area contributed by atoms with E-state index in [0.29, 0.717) is 0 Å². The maximum Gasteiger partial charge on any atom is 1.00 e. The van der Waals surface area contributed by atoms with E-state index in [1.54, 1.807) is 0 Å². The van der Waals surface area contributed by atoms with Crippen LogP contribution in [0.2, 0.25) is 0 Å². The van der Waals surface area contributed by atoms with Gasteiger partial charge in [-0.1, -0.05) is 6.79 Å². The van der Waals surface area contributed by atoms with Crippen LogP contribution >= 0.6 is 0 Å². The molecule has 6 heavy (non-hydrogen) atoms. The molecule has 0 aromatic carbocycles. The van der Waals surface area contributed by atoms with Gasteiger partial charge in [0.2, 0.25) is 0 Å². The third kappa shape index (κ3) is 8.82. The molecule has 0 spiro atoms. The van der Waals surface area contributed by atoms with E-state index in [-0.39, 0.29) is 18.9 Å². The molecule has 0 unspecified atom stereocenters. The van der Waals surface area contributed by atoms with E-state index in [2.05, 4.69) is 9.47 Å². The van der Waals surface area contributed by atoms with E-state index in [0.717, 1.165) is 0 Å². The first-order valence-corrected chi connectivity index (χ1v) is 1.29. The van der Waals surface area contributed by atoms with Crippen LogP contribution in [0.25, 0.3) is 0 Å². The van der Waals surface area contributed by atoms with Crippen molar-refractivity contribution in [3.63, 3.8) is 0 Å². The number of rotatable bonds is 2. The second kappa shape index (κ2) is 9.10. The average molecular weight is 82.0 g/mol. The SMILES string of the molecule is CO[CH-]OC.[Li+]. The molecule has 0 aromatic heterocycles. The monoisotopic (exact) mass is 82.1 g/mol. The molecule has 0 aliphatic rings. The van der Waals surface area contributed by atoms with E-state index in [1.807, 2.05) is 0 Å². The van der Waals surface area contributed by atoms with Crippen LogP contribution in [-0.2, 0) is 9.47 Å². The largest absolute Gasteiger partial charge is 1.00 e. The van der Waals surface area contributed by atoms with Crippen LogP contribution in [-0.4, -0.2) is 14.2 Å². The topological polar surface area (TPSA) is 18.5 Å². The summed E-state index contributed by atoms with van der Waals surface area (Å²) in [7, 11) is 3.06. The van der Waals surface area contributed by atoms with Crippen molar-refractivity contribution in [2.24, 2.45) is 0 Å². The van der Waals surface area contributed by atoms with Crippen LogP contribution in [0.5, 0.6) is 0 Å². The zero-order valence-electron chi connectivity index (χ0n) is 4.39. The van der Waals surface area contributed by atoms with Gasteiger partial charge in [0, 0.05) is 14.2 Å². The molecule has 0 bridgehead atoms. The Morgan fingerprint density at radius 1 is 1.17 bits per heavy atom. The summed E-state index contributed by atoms with van der Waals surface area (Å²) in [4.78, 5) is 0. The van der Waals surface area contributed by atoms with Gasteiger partial charge in [-0.25, -0.2) is 0 Å². The Balaban J connectivity index is 0. The number of hydrogen-bond acceptors (Lipinski definition) is 2. The zero-order chi connectivity index (χ0) is 4.12. The van der Waals surface area contributed by atoms with E-state index in [9.17, 15) is 0 Å². The fourth-order valence-corrected chi connectivity index (χ4v) is 0.0962. The third-order valence-electron chi connectivity index (χ3n) is 0.192. The van der Waals surface area contributed by atoms with Crippen molar-refractivity contribution in [2.75, 3.05) is 14.2 Å². The van der Waals surface area contributed by atoms with Gasteiger partial charge in [-0.2, -0.15) is 0 Å². The molecule has 32 valence electrons. The van der Waals surface area contributed by atoms with Gasteiger partial charge in [0.25, 0.3) is 0 Å². The molecule has 0 saturated carbocycles. The molecule has 0 aliphatic carbocycles. The van der Waals surface area contributed by atoms with E-state index < -0.39 is 0 Å². The minimum Gasteiger partial charge on any atom is -0.527 e. The van der Waals surface area contributed by atoms with Gasteiger partial charge in [-0.15, -0.1) is 0 Å². The van der Waals surface area contributed by atoms with Gasteiger partial charge in [-0.3, -0.25) is 0 Å². The van der Waals surface area contributed by atoms with Crippen molar-refractivity contribution in [1.29, 1.82) is 0 Å². The van der Waals surface area contributed by atoms with Crippen LogP contribution < -0.4 is 18.9 Å². The number of ether oxygens (including phenoxy) is 2. The summed E-state index contributed by atoms with van der Waals surface area (Å²) in [6, 6.07) is 0. The van der Waals surface area contributed by atoms with Crippen molar-refractivity contribution >= 4 is 0 Å². The normalized spacial score (nSPS) is 7.00. The predicted molar refractivity (Wildman–Crippen MR) is 18.3 cm³/mol. The molecule has 3 heteroatoms. The first-order valence-electron chi connectivity index (χ1n) is 1.29. The first kappa shape index (κ1) is 9.72. The second-order valence-electron chi connectivity index (χ2n) is 0.568. The molecular formula is C3H7LiO2. The summed E-state index contributed by atoms with van der Waals surface area (Å²) in [6.45, 7) is 1.25. The minimum atomic E-state index is 0. The number of hydrogen-bond donors (Lipinski definition) is 0. The summed E-state index contributed by atoms with van der Waals surface area (Å²) in [5.41, 5.74) is 0. The molecule has 0 rings (SSSR count). The second-order valence-corrected chi connectivity index (χ2v) is 0.568. The van der Waals surface area contributed by atoms with E-state index in [4.69, 9.17) is 0 Å². The summed E-state index contributed by atoms with van der Waals surface area (Å²) in [6.07, 6.45) is 0. The predicted octanol–water partition coefficient (Wildman–Crippen LogP) is -2.60. The molecule has 0 atom stereocenters. The molecule has 0 fully saturated rings. The van der Waals surface area contributed by atoms with E-state index >= 15 is 0 Å². The van der Waals surface area contributed by atoms with Crippen molar-refractivity contribution in [2.45, 2.75) is 0 Å². The van der Waals surface area contributed by atoms with Gasteiger partial charge in [0.15, 0.2) is 0 Å². The van der Waals surface area contributed by atoms with Crippen molar-refractivity contribution in [1.82, 2.24) is 0 Å². The Morgan fingerprint density at radius 3 is 1.50 bits per heavy atom. The molecule has 0 saturated heterocycles. The molecule has 0 aromatic rings. The molecule has 0 aliphatic heterocycles. The Morgan fingerprint density at radius 2 is 1.50 bits per heavy atom. The van der Waals surface area contributed by atoms with E-state index in [1.165, 1.54) is 21.0 Å². The van der Waals surface area contributed by atoms with Gasteiger partial charge in [0.05, 0.1) is 0 Å². The first-order chi connectivity index (χ1) is 2.41. The fourth-order valence-electron chi connectivity index (χ4n) is 0.0962. The molecule has 0 N–H and O–H groups in total. The Kier molecular flexibility index (Phi) is 14.7. The van der Waals surface area contributed by atoms with Crippen LogP contribution in [0.3, 0.4) is 0 Å².